The minimum Gasteiger partial charge on any atom is -0.382 e. The van der Waals surface area contributed by atoms with Crippen molar-refractivity contribution in [1.82, 2.24) is 24.8 Å². The van der Waals surface area contributed by atoms with Crippen LogP contribution in [0.2, 0.25) is 0 Å². The van der Waals surface area contributed by atoms with Crippen molar-refractivity contribution in [2.24, 2.45) is 5.41 Å². The molecule has 2 aromatic heterocycles. The van der Waals surface area contributed by atoms with Crippen molar-refractivity contribution in [2.45, 2.75) is 61.6 Å². The minimum absolute atomic E-state index is 0.228. The quantitative estimate of drug-likeness (QED) is 0.421. The fraction of sp³-hybridized carbons (Fsp3) is 0.478. The van der Waals surface area contributed by atoms with Gasteiger partial charge in [-0.15, -0.1) is 5.10 Å². The highest BCUT2D eigenvalue weighted by molar-refractivity contribution is 5.42. The van der Waals surface area contributed by atoms with Crippen molar-refractivity contribution < 1.29 is 40.9 Å². The largest absolute Gasteiger partial charge is 0.416 e. The summed E-state index contributed by atoms with van der Waals surface area (Å²) in [6, 6.07) is 4.16. The standard InChI is InChI=1S/C23H20F7N5O3/c24-14-2-3-15(16(25)5-14)21(38,11-35-12-31-32-33-35)23(29,30)20-8-19(9-20,10-20)13-1-4-18(37)34(6-13)7-17(36)22(26,27)28/h1-6,12,17,36,38H,7-11H2/t17-,19?,20?,21?/m1/s1. The second kappa shape index (κ2) is 8.33. The summed E-state index contributed by atoms with van der Waals surface area (Å²) >= 11 is 0. The van der Waals surface area contributed by atoms with E-state index in [0.29, 0.717) is 16.2 Å². The summed E-state index contributed by atoms with van der Waals surface area (Å²) in [5.74, 6) is -6.42. The number of aliphatic hydroxyl groups excluding tert-OH is 1. The number of rotatable bonds is 8. The Labute approximate surface area is 209 Å². The summed E-state index contributed by atoms with van der Waals surface area (Å²) in [6.07, 6.45) is -6.39. The van der Waals surface area contributed by atoms with Gasteiger partial charge in [-0.1, -0.05) is 6.07 Å². The zero-order valence-electron chi connectivity index (χ0n) is 19.3. The number of aliphatic hydroxyl groups is 2. The van der Waals surface area contributed by atoms with Gasteiger partial charge in [0, 0.05) is 29.3 Å². The first-order valence-corrected chi connectivity index (χ1v) is 11.3. The first-order valence-electron chi connectivity index (χ1n) is 11.3. The molecule has 1 unspecified atom stereocenters. The molecule has 0 amide bonds. The Morgan fingerprint density at radius 3 is 2.32 bits per heavy atom. The van der Waals surface area contributed by atoms with Gasteiger partial charge in [-0.05, 0) is 52.8 Å². The zero-order valence-corrected chi connectivity index (χ0v) is 19.3. The summed E-state index contributed by atoms with van der Waals surface area (Å²) in [5.41, 5.74) is -7.29. The molecule has 2 heterocycles. The van der Waals surface area contributed by atoms with Gasteiger partial charge >= 0.3 is 6.18 Å². The number of pyridine rings is 1. The molecular weight excluding hydrogens is 527 g/mol. The maximum atomic E-state index is 16.2. The van der Waals surface area contributed by atoms with E-state index >= 15 is 8.78 Å². The first-order chi connectivity index (χ1) is 17.6. The van der Waals surface area contributed by atoms with Gasteiger partial charge in [0.2, 0.25) is 0 Å². The molecule has 3 aliphatic rings. The van der Waals surface area contributed by atoms with Crippen molar-refractivity contribution in [3.05, 3.63) is 76.0 Å². The number of benzene rings is 1. The van der Waals surface area contributed by atoms with Crippen LogP contribution in [0, 0.1) is 17.0 Å². The Kier molecular flexibility index (Phi) is 5.76. The second-order valence-corrected chi connectivity index (χ2v) is 10.1. The normalized spacial score (nSPS) is 25.3. The summed E-state index contributed by atoms with van der Waals surface area (Å²) in [7, 11) is 0. The molecule has 6 rings (SSSR count). The van der Waals surface area contributed by atoms with Gasteiger partial charge in [0.25, 0.3) is 11.5 Å². The van der Waals surface area contributed by atoms with Crippen LogP contribution in [0.25, 0.3) is 0 Å². The molecule has 3 fully saturated rings. The SMILES string of the molecule is O=c1ccc(C23CC(C(F)(F)C(O)(Cn4cnnn4)c4ccc(F)cc4F)(C2)C3)cn1C[C@@H](O)C(F)(F)F. The number of aromatic nitrogens is 5. The first kappa shape index (κ1) is 26.3. The van der Waals surface area contributed by atoms with Gasteiger partial charge in [-0.3, -0.25) is 4.79 Å². The molecule has 2 N–H and O–H groups in total. The van der Waals surface area contributed by atoms with E-state index in [4.69, 9.17) is 0 Å². The van der Waals surface area contributed by atoms with Gasteiger partial charge in [-0.2, -0.15) is 13.2 Å². The van der Waals surface area contributed by atoms with Gasteiger partial charge in [-0.25, -0.2) is 22.2 Å². The average Bonchev–Trinajstić information content (AvgIpc) is 3.25. The fourth-order valence-corrected chi connectivity index (χ4v) is 5.81. The Bertz CT molecular complexity index is 1410. The van der Waals surface area contributed by atoms with Crippen LogP contribution < -0.4 is 5.56 Å². The monoisotopic (exact) mass is 547 g/mol. The Hall–Kier alpha value is -3.33. The molecule has 0 saturated heterocycles. The highest BCUT2D eigenvalue weighted by Gasteiger charge is 2.82. The number of tetrazole rings is 1. The molecule has 3 aliphatic carbocycles. The molecular formula is C23H20F7N5O3. The van der Waals surface area contributed by atoms with Crippen LogP contribution in [0.3, 0.4) is 0 Å². The topological polar surface area (TPSA) is 106 Å². The smallest absolute Gasteiger partial charge is 0.382 e. The maximum absolute atomic E-state index is 16.2. The van der Waals surface area contributed by atoms with Crippen LogP contribution in [-0.2, 0) is 24.1 Å². The molecule has 3 aromatic rings. The lowest BCUT2D eigenvalue weighted by atomic mass is 9.30. The third-order valence-corrected chi connectivity index (χ3v) is 7.72. The predicted molar refractivity (Wildman–Crippen MR) is 114 cm³/mol. The van der Waals surface area contributed by atoms with Crippen LogP contribution in [0.4, 0.5) is 30.7 Å². The van der Waals surface area contributed by atoms with E-state index in [1.165, 1.54) is 6.07 Å². The highest BCUT2D eigenvalue weighted by atomic mass is 19.4. The van der Waals surface area contributed by atoms with Crippen molar-refractivity contribution in [3.8, 4) is 0 Å². The molecule has 2 atom stereocenters. The third kappa shape index (κ3) is 3.82. The molecule has 0 radical (unpaired) electrons. The summed E-state index contributed by atoms with van der Waals surface area (Å²) in [5, 5.41) is 30.9. The van der Waals surface area contributed by atoms with E-state index in [1.807, 2.05) is 0 Å². The predicted octanol–water partition coefficient (Wildman–Crippen LogP) is 2.68. The Morgan fingerprint density at radius 2 is 1.74 bits per heavy atom. The number of nitrogens with zero attached hydrogens (tertiary/aromatic N) is 5. The van der Waals surface area contributed by atoms with Crippen LogP contribution in [0.15, 0.2) is 47.7 Å². The third-order valence-electron chi connectivity index (χ3n) is 7.72. The Balaban J connectivity index is 1.45. The zero-order chi connectivity index (χ0) is 27.7. The highest BCUT2D eigenvalue weighted by Crippen LogP contribution is 2.80. The molecule has 1 aromatic carbocycles. The van der Waals surface area contributed by atoms with E-state index in [0.717, 1.165) is 35.4 Å². The maximum Gasteiger partial charge on any atom is 0.416 e. The molecule has 8 nitrogen and oxygen atoms in total. The molecule has 204 valence electrons. The lowest BCUT2D eigenvalue weighted by Gasteiger charge is -2.74. The second-order valence-electron chi connectivity index (χ2n) is 10.1. The van der Waals surface area contributed by atoms with Crippen molar-refractivity contribution in [2.75, 3.05) is 0 Å². The van der Waals surface area contributed by atoms with Crippen molar-refractivity contribution in [1.29, 1.82) is 0 Å². The number of hydrogen-bond acceptors (Lipinski definition) is 6. The molecule has 2 bridgehead atoms. The number of halogens is 7. The molecule has 38 heavy (non-hydrogen) atoms. The van der Waals surface area contributed by atoms with Crippen LogP contribution >= 0.6 is 0 Å². The van der Waals surface area contributed by atoms with Gasteiger partial charge < -0.3 is 14.8 Å². The van der Waals surface area contributed by atoms with E-state index < -0.39 is 70.5 Å². The molecule has 15 heteroatoms. The minimum atomic E-state index is -4.96. The Morgan fingerprint density at radius 1 is 1.05 bits per heavy atom. The molecule has 0 aliphatic heterocycles. The van der Waals surface area contributed by atoms with Gasteiger partial charge in [0.15, 0.2) is 11.7 Å². The number of hydrogen-bond donors (Lipinski definition) is 2. The molecule has 0 spiro atoms. The molecule has 3 saturated carbocycles. The van der Waals surface area contributed by atoms with E-state index in [2.05, 4.69) is 15.5 Å². The summed E-state index contributed by atoms with van der Waals surface area (Å²) in [6.45, 7) is -2.02. The van der Waals surface area contributed by atoms with Crippen LogP contribution in [0.5, 0.6) is 0 Å². The lowest BCUT2D eigenvalue weighted by molar-refractivity contribution is -0.347. The van der Waals surface area contributed by atoms with Crippen molar-refractivity contribution in [3.63, 3.8) is 0 Å². The average molecular weight is 547 g/mol. The lowest BCUT2D eigenvalue weighted by Crippen LogP contribution is -2.76. The van der Waals surface area contributed by atoms with E-state index in [-0.39, 0.29) is 19.3 Å². The van der Waals surface area contributed by atoms with E-state index in [1.54, 1.807) is 0 Å². The van der Waals surface area contributed by atoms with Gasteiger partial charge in [0.1, 0.15) is 18.0 Å². The fourth-order valence-electron chi connectivity index (χ4n) is 5.81. The summed E-state index contributed by atoms with van der Waals surface area (Å²) < 4.78 is 100. The van der Waals surface area contributed by atoms with Crippen LogP contribution in [0.1, 0.15) is 30.4 Å². The van der Waals surface area contributed by atoms with E-state index in [9.17, 15) is 37.0 Å². The van der Waals surface area contributed by atoms with Crippen molar-refractivity contribution >= 4 is 0 Å². The number of alkyl halides is 5. The van der Waals surface area contributed by atoms with Crippen LogP contribution in [-0.4, -0.2) is 53.2 Å². The summed E-state index contributed by atoms with van der Waals surface area (Å²) in [4.78, 5) is 12.0. The van der Waals surface area contributed by atoms with Gasteiger partial charge in [0.05, 0.1) is 13.1 Å².